The van der Waals surface area contributed by atoms with E-state index in [1.807, 2.05) is 6.92 Å². The largest absolute Gasteiger partial charge is 0.471 e. The summed E-state index contributed by atoms with van der Waals surface area (Å²) in [6.07, 6.45) is 3.76. The van der Waals surface area contributed by atoms with Crippen molar-refractivity contribution in [3.8, 4) is 0 Å². The average Bonchev–Trinajstić information content (AvgIpc) is 2.29. The maximum absolute atomic E-state index is 11.5. The molecule has 0 aromatic rings. The number of carbonyl (C=O) groups is 1. The van der Waals surface area contributed by atoms with Crippen molar-refractivity contribution in [2.45, 2.75) is 19.6 Å². The Labute approximate surface area is 94.9 Å². The minimum absolute atomic E-state index is 0.0211. The highest BCUT2D eigenvalue weighted by Gasteiger charge is 2.40. The third-order valence-corrected chi connectivity index (χ3v) is 3.01. The first-order chi connectivity index (χ1) is 7.77. The molecule has 0 radical (unpaired) electrons. The van der Waals surface area contributed by atoms with Gasteiger partial charge in [0.1, 0.15) is 0 Å². The molecule has 1 fully saturated rings. The van der Waals surface area contributed by atoms with Crippen LogP contribution in [0.3, 0.4) is 0 Å². The summed E-state index contributed by atoms with van der Waals surface area (Å²) in [6.45, 7) is 6.75. The summed E-state index contributed by atoms with van der Waals surface area (Å²) in [4.78, 5) is 11.5. The van der Waals surface area contributed by atoms with Gasteiger partial charge in [0, 0.05) is 18.4 Å². The van der Waals surface area contributed by atoms with Crippen molar-refractivity contribution in [2.24, 2.45) is 11.8 Å². The second kappa shape index (κ2) is 4.70. The fourth-order valence-electron chi connectivity index (χ4n) is 2.21. The Morgan fingerprint density at radius 2 is 2.50 bits per heavy atom. The summed E-state index contributed by atoms with van der Waals surface area (Å²) in [5.74, 6) is -0.144. The molecule has 16 heavy (non-hydrogen) atoms. The van der Waals surface area contributed by atoms with Gasteiger partial charge in [-0.2, -0.15) is 0 Å². The smallest absolute Gasteiger partial charge is 0.337 e. The fraction of sp³-hybridized carbons (Fsp3) is 0.583. The van der Waals surface area contributed by atoms with E-state index in [1.165, 1.54) is 6.26 Å². The van der Waals surface area contributed by atoms with Gasteiger partial charge < -0.3 is 14.2 Å². The number of hydrogen-bond acceptors (Lipinski definition) is 4. The predicted octanol–water partition coefficient (Wildman–Crippen LogP) is 1.63. The van der Waals surface area contributed by atoms with E-state index in [4.69, 9.17) is 14.2 Å². The van der Waals surface area contributed by atoms with Crippen LogP contribution in [-0.2, 0) is 19.0 Å². The van der Waals surface area contributed by atoms with Crippen molar-refractivity contribution in [3.05, 3.63) is 24.5 Å². The van der Waals surface area contributed by atoms with Gasteiger partial charge in [0.05, 0.1) is 18.4 Å². The summed E-state index contributed by atoms with van der Waals surface area (Å²) in [6, 6.07) is 0. The van der Waals surface area contributed by atoms with Crippen LogP contribution in [0.1, 0.15) is 13.3 Å². The lowest BCUT2D eigenvalue weighted by Gasteiger charge is -2.37. The molecule has 0 aromatic carbocycles. The van der Waals surface area contributed by atoms with E-state index in [0.717, 1.165) is 6.42 Å². The Morgan fingerprint density at radius 3 is 3.19 bits per heavy atom. The second-order valence-electron chi connectivity index (χ2n) is 3.88. The molecule has 0 unspecified atom stereocenters. The number of cyclic esters (lactones) is 1. The second-order valence-corrected chi connectivity index (χ2v) is 3.88. The molecule has 2 heterocycles. The topological polar surface area (TPSA) is 44.8 Å². The number of carbonyl (C=O) groups excluding carboxylic acids is 1. The highest BCUT2D eigenvalue weighted by Crippen LogP contribution is 2.37. The minimum atomic E-state index is -0.331. The molecule has 0 bridgehead atoms. The predicted molar refractivity (Wildman–Crippen MR) is 57.3 cm³/mol. The van der Waals surface area contributed by atoms with Gasteiger partial charge in [-0.15, -0.1) is 6.58 Å². The van der Waals surface area contributed by atoms with Gasteiger partial charge in [-0.05, 0) is 13.3 Å². The van der Waals surface area contributed by atoms with Gasteiger partial charge in [-0.3, -0.25) is 0 Å². The first-order valence-electron chi connectivity index (χ1n) is 5.54. The summed E-state index contributed by atoms with van der Waals surface area (Å²) < 4.78 is 15.9. The summed E-state index contributed by atoms with van der Waals surface area (Å²) >= 11 is 0. The molecule has 0 aliphatic carbocycles. The number of fused-ring (bicyclic) bond motifs is 1. The number of ether oxygens (including phenoxy) is 3. The fourth-order valence-corrected chi connectivity index (χ4v) is 2.21. The third kappa shape index (κ3) is 1.85. The van der Waals surface area contributed by atoms with E-state index in [0.29, 0.717) is 18.8 Å². The lowest BCUT2D eigenvalue weighted by atomic mass is 9.81. The number of hydrogen-bond donors (Lipinski definition) is 0. The standard InChI is InChI=1S/C12H16O4/c1-3-8-9-5-6-15-11(13)10(9)7-16-12(8)14-4-2/h3,7-9,12H,1,4-6H2,2H3/t8-,9+,12-/m1/s1. The van der Waals surface area contributed by atoms with E-state index in [1.54, 1.807) is 6.08 Å². The SMILES string of the molecule is C=C[C@H]1[C@H](OCC)OC=C2C(=O)OCC[C@H]21. The van der Waals surface area contributed by atoms with Gasteiger partial charge in [0.15, 0.2) is 0 Å². The lowest BCUT2D eigenvalue weighted by Crippen LogP contribution is -2.40. The average molecular weight is 224 g/mol. The lowest BCUT2D eigenvalue weighted by molar-refractivity contribution is -0.162. The molecule has 4 nitrogen and oxygen atoms in total. The molecule has 2 aliphatic rings. The summed E-state index contributed by atoms with van der Waals surface area (Å²) in [5.41, 5.74) is 0.604. The zero-order valence-corrected chi connectivity index (χ0v) is 9.35. The molecule has 2 rings (SSSR count). The molecule has 0 spiro atoms. The quantitative estimate of drug-likeness (QED) is 0.540. The van der Waals surface area contributed by atoms with Crippen molar-refractivity contribution in [1.82, 2.24) is 0 Å². The van der Waals surface area contributed by atoms with Crippen molar-refractivity contribution < 1.29 is 19.0 Å². The highest BCUT2D eigenvalue weighted by molar-refractivity contribution is 5.89. The third-order valence-electron chi connectivity index (χ3n) is 3.01. The summed E-state index contributed by atoms with van der Waals surface area (Å²) in [7, 11) is 0. The Kier molecular flexibility index (Phi) is 3.29. The molecular formula is C12H16O4. The molecular weight excluding hydrogens is 208 g/mol. The molecule has 0 aromatic heterocycles. The van der Waals surface area contributed by atoms with E-state index < -0.39 is 0 Å². The van der Waals surface area contributed by atoms with Gasteiger partial charge in [-0.1, -0.05) is 6.08 Å². The van der Waals surface area contributed by atoms with Gasteiger partial charge in [0.25, 0.3) is 0 Å². The molecule has 0 amide bonds. The van der Waals surface area contributed by atoms with Gasteiger partial charge >= 0.3 is 5.97 Å². The molecule has 2 aliphatic heterocycles. The first-order valence-corrected chi connectivity index (χ1v) is 5.54. The van der Waals surface area contributed by atoms with Crippen molar-refractivity contribution in [2.75, 3.05) is 13.2 Å². The first kappa shape index (κ1) is 11.2. The minimum Gasteiger partial charge on any atom is -0.471 e. The maximum atomic E-state index is 11.5. The molecule has 4 heteroatoms. The van der Waals surface area contributed by atoms with Crippen LogP contribution in [0.15, 0.2) is 24.5 Å². The zero-order valence-electron chi connectivity index (χ0n) is 9.35. The van der Waals surface area contributed by atoms with Crippen LogP contribution in [0.25, 0.3) is 0 Å². The Morgan fingerprint density at radius 1 is 1.69 bits per heavy atom. The van der Waals surface area contributed by atoms with E-state index >= 15 is 0 Å². The molecule has 3 atom stereocenters. The van der Waals surface area contributed by atoms with E-state index in [-0.39, 0.29) is 24.1 Å². The van der Waals surface area contributed by atoms with Crippen LogP contribution in [0.5, 0.6) is 0 Å². The van der Waals surface area contributed by atoms with Crippen molar-refractivity contribution in [3.63, 3.8) is 0 Å². The molecule has 1 saturated heterocycles. The van der Waals surface area contributed by atoms with Crippen LogP contribution in [0.2, 0.25) is 0 Å². The van der Waals surface area contributed by atoms with Gasteiger partial charge in [-0.25, -0.2) is 4.79 Å². The number of esters is 1. The van der Waals surface area contributed by atoms with Crippen LogP contribution in [0, 0.1) is 11.8 Å². The Balaban J connectivity index is 2.22. The normalized spacial score (nSPS) is 33.2. The Hall–Kier alpha value is -1.29. The van der Waals surface area contributed by atoms with Crippen LogP contribution in [0.4, 0.5) is 0 Å². The van der Waals surface area contributed by atoms with Gasteiger partial charge in [0.2, 0.25) is 6.29 Å². The molecule has 88 valence electrons. The monoisotopic (exact) mass is 224 g/mol. The number of rotatable bonds is 3. The Bertz CT molecular complexity index is 321. The van der Waals surface area contributed by atoms with Crippen LogP contribution >= 0.6 is 0 Å². The molecule has 0 N–H and O–H groups in total. The van der Waals surface area contributed by atoms with E-state index in [2.05, 4.69) is 6.58 Å². The van der Waals surface area contributed by atoms with Crippen molar-refractivity contribution in [1.29, 1.82) is 0 Å². The zero-order chi connectivity index (χ0) is 11.5. The summed E-state index contributed by atoms with van der Waals surface area (Å²) in [5, 5.41) is 0. The van der Waals surface area contributed by atoms with Crippen molar-refractivity contribution >= 4 is 5.97 Å². The van der Waals surface area contributed by atoms with Crippen LogP contribution < -0.4 is 0 Å². The maximum Gasteiger partial charge on any atom is 0.337 e. The van der Waals surface area contributed by atoms with Crippen LogP contribution in [-0.4, -0.2) is 25.5 Å². The molecule has 0 saturated carbocycles. The highest BCUT2D eigenvalue weighted by atomic mass is 16.7. The van der Waals surface area contributed by atoms with E-state index in [9.17, 15) is 4.79 Å².